The topological polar surface area (TPSA) is 55.4 Å². The molecule has 2 aliphatic rings. The molecule has 6 aromatic rings. The first kappa shape index (κ1) is 29.0. The highest BCUT2D eigenvalue weighted by atomic mass is 16.9. The third kappa shape index (κ3) is 3.98. The number of rotatable bonds is 8. The van der Waals surface area contributed by atoms with E-state index in [1.54, 1.807) is 0 Å². The normalized spacial score (nSPS) is 17.8. The van der Waals surface area contributed by atoms with Crippen molar-refractivity contribution in [3.63, 3.8) is 0 Å². The third-order valence-electron chi connectivity index (χ3n) is 8.94. The fraction of sp³-hybridized carbons (Fsp3) is 0.250. The summed E-state index contributed by atoms with van der Waals surface area (Å²) in [6.07, 6.45) is 0. The Morgan fingerprint density at radius 2 is 0.652 bits per heavy atom. The molecule has 0 fully saturated rings. The van der Waals surface area contributed by atoms with Crippen molar-refractivity contribution in [2.45, 2.75) is 39.6 Å². The maximum Gasteiger partial charge on any atom is 0.357 e. The number of ether oxygens (including phenoxy) is 6. The molecule has 6 aromatic carbocycles. The van der Waals surface area contributed by atoms with Gasteiger partial charge in [0.15, 0.2) is 0 Å². The van der Waals surface area contributed by atoms with Crippen LogP contribution in [0.15, 0.2) is 97.1 Å². The summed E-state index contributed by atoms with van der Waals surface area (Å²) in [5, 5.41) is 8.34. The van der Waals surface area contributed by atoms with Crippen molar-refractivity contribution in [1.82, 2.24) is 0 Å². The highest BCUT2D eigenvalue weighted by Gasteiger charge is 2.59. The van der Waals surface area contributed by atoms with E-state index >= 15 is 0 Å². The first-order valence-corrected chi connectivity index (χ1v) is 16.2. The van der Waals surface area contributed by atoms with Crippen LogP contribution in [0.25, 0.3) is 54.2 Å². The summed E-state index contributed by atoms with van der Waals surface area (Å²) in [6.45, 7) is 9.15. The largest absolute Gasteiger partial charge is 0.434 e. The van der Waals surface area contributed by atoms with Crippen molar-refractivity contribution in [3.05, 3.63) is 108 Å². The van der Waals surface area contributed by atoms with Gasteiger partial charge in [-0.3, -0.25) is 0 Å². The molecule has 0 N–H and O–H groups in total. The average molecular weight is 613 g/mol. The molecule has 2 heterocycles. The molecule has 0 aliphatic carbocycles. The summed E-state index contributed by atoms with van der Waals surface area (Å²) in [5.41, 5.74) is 3.14. The molecule has 0 atom stereocenters. The van der Waals surface area contributed by atoms with Gasteiger partial charge >= 0.3 is 11.9 Å². The molecule has 0 radical (unpaired) electrons. The lowest BCUT2D eigenvalue weighted by Crippen LogP contribution is -2.45. The fourth-order valence-electron chi connectivity index (χ4n) is 7.41. The van der Waals surface area contributed by atoms with E-state index in [9.17, 15) is 0 Å². The molecular weight excluding hydrogens is 576 g/mol. The van der Waals surface area contributed by atoms with Crippen LogP contribution in [-0.4, -0.2) is 38.4 Å². The van der Waals surface area contributed by atoms with Gasteiger partial charge in [0.1, 0.15) is 11.5 Å². The van der Waals surface area contributed by atoms with Crippen LogP contribution in [0.3, 0.4) is 0 Å². The van der Waals surface area contributed by atoms with Gasteiger partial charge in [-0.1, -0.05) is 97.1 Å². The Bertz CT molecular complexity index is 2010. The second-order valence-corrected chi connectivity index (χ2v) is 11.4. The molecule has 8 rings (SSSR count). The zero-order valence-corrected chi connectivity index (χ0v) is 26.5. The van der Waals surface area contributed by atoms with E-state index in [1.807, 2.05) is 39.8 Å². The van der Waals surface area contributed by atoms with Gasteiger partial charge in [-0.05, 0) is 60.0 Å². The lowest BCUT2D eigenvalue weighted by Gasteiger charge is -2.34. The van der Waals surface area contributed by atoms with E-state index in [4.69, 9.17) is 28.4 Å². The SMILES string of the molecule is CCOC1(OCC)Oc2c(c3ccccc3c3ccccc23)C1=C1c2c(c3ccccc3c3ccccc23)OC1(OCC)OCC. The predicted molar refractivity (Wildman–Crippen MR) is 183 cm³/mol. The van der Waals surface area contributed by atoms with Crippen molar-refractivity contribution in [2.75, 3.05) is 26.4 Å². The summed E-state index contributed by atoms with van der Waals surface area (Å²) < 4.78 is 40.6. The maximum atomic E-state index is 7.02. The molecule has 0 amide bonds. The summed E-state index contributed by atoms with van der Waals surface area (Å²) >= 11 is 0. The molecular formula is C40H36O6. The van der Waals surface area contributed by atoms with Crippen molar-refractivity contribution in [1.29, 1.82) is 0 Å². The van der Waals surface area contributed by atoms with Gasteiger partial charge in [0.05, 0.1) is 37.6 Å². The molecule has 0 aromatic heterocycles. The standard InChI is InChI=1S/C40H36O6/c1-5-41-39(42-6-2)35(33-29-21-13-9-17-25(29)27-19-11-15-23-31(27)37(33)45-39)36-34-30-22-14-10-18-26(30)28-20-12-16-24-32(28)38(34)46-40(36,43-7-3)44-8-4/h9-24H,5-8H2,1-4H3. The lowest BCUT2D eigenvalue weighted by molar-refractivity contribution is -0.302. The number of hydrogen-bond donors (Lipinski definition) is 0. The third-order valence-corrected chi connectivity index (χ3v) is 8.94. The number of benzene rings is 6. The van der Waals surface area contributed by atoms with E-state index in [0.29, 0.717) is 49.1 Å². The summed E-state index contributed by atoms with van der Waals surface area (Å²) in [7, 11) is 0. The van der Waals surface area contributed by atoms with Crippen LogP contribution in [0.2, 0.25) is 0 Å². The highest BCUT2D eigenvalue weighted by molar-refractivity contribution is 6.23. The number of hydrogen-bond acceptors (Lipinski definition) is 6. The molecule has 0 spiro atoms. The van der Waals surface area contributed by atoms with Crippen molar-refractivity contribution in [3.8, 4) is 11.5 Å². The van der Waals surface area contributed by atoms with Gasteiger partial charge < -0.3 is 28.4 Å². The van der Waals surface area contributed by atoms with Crippen molar-refractivity contribution >= 4 is 54.2 Å². The highest BCUT2D eigenvalue weighted by Crippen LogP contribution is 2.61. The van der Waals surface area contributed by atoms with Gasteiger partial charge in [0.25, 0.3) is 0 Å². The molecule has 0 saturated carbocycles. The van der Waals surface area contributed by atoms with Crippen LogP contribution in [0.4, 0.5) is 0 Å². The van der Waals surface area contributed by atoms with E-state index < -0.39 is 11.9 Å². The quantitative estimate of drug-likeness (QED) is 0.126. The molecule has 6 heteroatoms. The van der Waals surface area contributed by atoms with Crippen LogP contribution in [-0.2, 0) is 18.9 Å². The Kier molecular flexibility index (Phi) is 7.00. The second kappa shape index (κ2) is 11.1. The van der Waals surface area contributed by atoms with Gasteiger partial charge in [0, 0.05) is 21.9 Å². The first-order valence-electron chi connectivity index (χ1n) is 16.2. The Balaban J connectivity index is 1.65. The zero-order chi connectivity index (χ0) is 31.5. The predicted octanol–water partition coefficient (Wildman–Crippen LogP) is 9.45. The lowest BCUT2D eigenvalue weighted by atomic mass is 9.85. The van der Waals surface area contributed by atoms with E-state index in [1.165, 1.54) is 0 Å². The zero-order valence-electron chi connectivity index (χ0n) is 26.5. The van der Waals surface area contributed by atoms with Crippen LogP contribution < -0.4 is 9.47 Å². The van der Waals surface area contributed by atoms with Crippen molar-refractivity contribution < 1.29 is 28.4 Å². The summed E-state index contributed by atoms with van der Waals surface area (Å²) in [5.74, 6) is -1.82. The minimum Gasteiger partial charge on any atom is -0.434 e. The molecule has 0 unspecified atom stereocenters. The van der Waals surface area contributed by atoms with E-state index in [0.717, 1.165) is 54.2 Å². The smallest absolute Gasteiger partial charge is 0.357 e. The van der Waals surface area contributed by atoms with Gasteiger partial charge in [0.2, 0.25) is 0 Å². The Morgan fingerprint density at radius 3 is 0.957 bits per heavy atom. The van der Waals surface area contributed by atoms with Crippen LogP contribution in [0.1, 0.15) is 38.8 Å². The van der Waals surface area contributed by atoms with Crippen LogP contribution in [0.5, 0.6) is 11.5 Å². The second-order valence-electron chi connectivity index (χ2n) is 11.4. The Labute approximate surface area is 268 Å². The van der Waals surface area contributed by atoms with E-state index in [-0.39, 0.29) is 0 Å². The van der Waals surface area contributed by atoms with Crippen molar-refractivity contribution in [2.24, 2.45) is 0 Å². The van der Waals surface area contributed by atoms with Crippen LogP contribution >= 0.6 is 0 Å². The average Bonchev–Trinajstić information content (AvgIpc) is 3.58. The monoisotopic (exact) mass is 612 g/mol. The summed E-state index contributed by atoms with van der Waals surface area (Å²) in [4.78, 5) is 0. The molecule has 2 aliphatic heterocycles. The maximum absolute atomic E-state index is 7.02. The molecule has 46 heavy (non-hydrogen) atoms. The van der Waals surface area contributed by atoms with Crippen LogP contribution in [0, 0.1) is 0 Å². The molecule has 0 saturated heterocycles. The van der Waals surface area contributed by atoms with Gasteiger partial charge in [-0.2, -0.15) is 0 Å². The molecule has 232 valence electrons. The number of fused-ring (bicyclic) bond motifs is 12. The van der Waals surface area contributed by atoms with Gasteiger partial charge in [-0.25, -0.2) is 0 Å². The minimum absolute atomic E-state index is 0.336. The minimum atomic E-state index is -1.61. The van der Waals surface area contributed by atoms with E-state index in [2.05, 4.69) is 84.9 Å². The molecule has 6 nitrogen and oxygen atoms in total. The Hall–Kier alpha value is -4.46. The fourth-order valence-corrected chi connectivity index (χ4v) is 7.41. The first-order chi connectivity index (χ1) is 22.6. The van der Waals surface area contributed by atoms with Gasteiger partial charge in [-0.15, -0.1) is 0 Å². The Morgan fingerprint density at radius 1 is 0.391 bits per heavy atom. The molecule has 0 bridgehead atoms. The summed E-state index contributed by atoms with van der Waals surface area (Å²) in [6, 6.07) is 33.5.